The number of thiazole rings is 1. The van der Waals surface area contributed by atoms with Crippen molar-refractivity contribution in [3.8, 4) is 22.9 Å². The Hall–Kier alpha value is -3.93. The number of rotatable bonds is 4. The Morgan fingerprint density at radius 1 is 1.24 bits per heavy atom. The predicted molar refractivity (Wildman–Crippen MR) is 156 cm³/mol. The van der Waals surface area contributed by atoms with Gasteiger partial charge < -0.3 is 29.6 Å². The van der Waals surface area contributed by atoms with Crippen LogP contribution in [-0.4, -0.2) is 76.5 Å². The van der Waals surface area contributed by atoms with Crippen molar-refractivity contribution < 1.29 is 23.9 Å². The highest BCUT2D eigenvalue weighted by Crippen LogP contribution is 2.32. The van der Waals surface area contributed by atoms with Gasteiger partial charge in [0, 0.05) is 43.0 Å². The van der Waals surface area contributed by atoms with Gasteiger partial charge in [0.2, 0.25) is 17.7 Å². The Balaban J connectivity index is 1.57. The molecule has 0 aliphatic carbocycles. The van der Waals surface area contributed by atoms with Crippen LogP contribution in [-0.2, 0) is 27.3 Å². The number of imidazole rings is 1. The highest BCUT2D eigenvalue weighted by molar-refractivity contribution is 7.09. The molecule has 1 aliphatic heterocycles. The molecule has 1 aromatic carbocycles. The summed E-state index contributed by atoms with van der Waals surface area (Å²) in [6.45, 7) is 7.15. The van der Waals surface area contributed by atoms with Gasteiger partial charge in [0.25, 0.3) is 0 Å². The minimum atomic E-state index is -0.719. The number of hydrogen-bond acceptors (Lipinski definition) is 8. The summed E-state index contributed by atoms with van der Waals surface area (Å²) in [6.07, 6.45) is 4.89. The molecule has 2 aromatic heterocycles. The van der Waals surface area contributed by atoms with E-state index in [9.17, 15) is 14.4 Å². The second-order valence-corrected chi connectivity index (χ2v) is 11.4. The van der Waals surface area contributed by atoms with Crippen LogP contribution >= 0.6 is 11.3 Å². The normalized spacial score (nSPS) is 17.4. The zero-order valence-electron chi connectivity index (χ0n) is 24.0. The van der Waals surface area contributed by atoms with E-state index in [2.05, 4.69) is 20.6 Å². The predicted octanol–water partition coefficient (Wildman–Crippen LogP) is 2.82. The summed E-state index contributed by atoms with van der Waals surface area (Å²) < 4.78 is 13.6. The maximum Gasteiger partial charge on any atom is 0.242 e. The average molecular weight is 583 g/mol. The molecule has 1 aliphatic rings. The van der Waals surface area contributed by atoms with Crippen molar-refractivity contribution in [3.63, 3.8) is 0 Å². The van der Waals surface area contributed by atoms with Crippen LogP contribution in [0.5, 0.6) is 11.5 Å². The van der Waals surface area contributed by atoms with E-state index >= 15 is 0 Å². The van der Waals surface area contributed by atoms with Gasteiger partial charge in [-0.05, 0) is 43.9 Å². The molecule has 3 amide bonds. The van der Waals surface area contributed by atoms with Crippen molar-refractivity contribution >= 4 is 29.1 Å². The zero-order valence-corrected chi connectivity index (χ0v) is 24.8. The van der Waals surface area contributed by atoms with E-state index in [1.165, 1.54) is 16.2 Å². The number of amides is 3. The minimum absolute atomic E-state index is 0.0923. The molecule has 0 spiro atoms. The standard InChI is InChI=1S/C29H38N6O5S/c1-19(2)27-29(38)31-9-5-11-34-13-10-30-28(34)21-7-8-23(39-4)24(15-21)40-14-6-12-35(17-25(36)33-27)26(37)16-22-18-41-20(3)32-22/h7-8,10,13,15,18-19,27H,5-6,9,11-12,14,16-17H2,1-4H3,(H,31,38)(H,33,36)/t27-/m1/s1. The fourth-order valence-electron chi connectivity index (χ4n) is 4.66. The number of carbonyl (C=O) groups is 3. The van der Waals surface area contributed by atoms with Crippen molar-refractivity contribution in [2.45, 2.75) is 52.6 Å². The lowest BCUT2D eigenvalue weighted by Crippen LogP contribution is -2.52. The van der Waals surface area contributed by atoms with E-state index < -0.39 is 11.9 Å². The Bertz CT molecular complexity index is 1350. The maximum absolute atomic E-state index is 13.3. The number of fused-ring (bicyclic) bond motifs is 4. The summed E-state index contributed by atoms with van der Waals surface area (Å²) in [7, 11) is 1.59. The average Bonchev–Trinajstić information content (AvgIpc) is 3.58. The lowest BCUT2D eigenvalue weighted by Gasteiger charge is -2.26. The fourth-order valence-corrected chi connectivity index (χ4v) is 5.28. The second kappa shape index (κ2) is 14.1. The largest absolute Gasteiger partial charge is 0.493 e. The first-order chi connectivity index (χ1) is 19.7. The molecule has 2 bridgehead atoms. The van der Waals surface area contributed by atoms with Crippen molar-refractivity contribution in [1.82, 2.24) is 30.1 Å². The number of nitrogens with zero attached hydrogens (tertiary/aromatic N) is 4. The lowest BCUT2D eigenvalue weighted by atomic mass is 10.0. The first kappa shape index (κ1) is 30.0. The summed E-state index contributed by atoms with van der Waals surface area (Å²) >= 11 is 1.48. The molecule has 0 radical (unpaired) electrons. The Labute approximate surface area is 244 Å². The van der Waals surface area contributed by atoms with Crippen LogP contribution in [0.15, 0.2) is 36.0 Å². The van der Waals surface area contributed by atoms with Crippen LogP contribution < -0.4 is 20.1 Å². The van der Waals surface area contributed by atoms with Crippen molar-refractivity contribution in [1.29, 1.82) is 0 Å². The highest BCUT2D eigenvalue weighted by atomic mass is 32.1. The number of hydrogen-bond donors (Lipinski definition) is 2. The Kier molecular flexibility index (Phi) is 10.3. The first-order valence-electron chi connectivity index (χ1n) is 13.8. The molecule has 1 atom stereocenters. The smallest absolute Gasteiger partial charge is 0.242 e. The summed E-state index contributed by atoms with van der Waals surface area (Å²) in [6, 6.07) is 4.94. The molecule has 0 saturated heterocycles. The number of aromatic nitrogens is 3. The molecule has 2 N–H and O–H groups in total. The molecule has 41 heavy (non-hydrogen) atoms. The SMILES string of the molecule is COc1ccc2cc1OCCCN(C(=O)Cc1csc(C)n1)CC(=O)N[C@H](C(C)C)C(=O)NCCCn1ccnc1-2. The fraction of sp³-hybridized carbons (Fsp3) is 0.483. The van der Waals surface area contributed by atoms with Gasteiger partial charge in [0.1, 0.15) is 11.9 Å². The topological polar surface area (TPSA) is 128 Å². The Morgan fingerprint density at radius 2 is 2.07 bits per heavy atom. The monoisotopic (exact) mass is 582 g/mol. The van der Waals surface area contributed by atoms with Gasteiger partial charge in [-0.2, -0.15) is 0 Å². The number of nitrogens with one attached hydrogen (secondary N) is 2. The van der Waals surface area contributed by atoms with Crippen LogP contribution in [0.1, 0.15) is 37.4 Å². The molecular weight excluding hydrogens is 544 g/mol. The third-order valence-corrected chi connectivity index (χ3v) is 7.62. The number of ether oxygens (including phenoxy) is 2. The van der Waals surface area contributed by atoms with Crippen LogP contribution in [0.2, 0.25) is 0 Å². The third kappa shape index (κ3) is 8.06. The molecule has 0 saturated carbocycles. The van der Waals surface area contributed by atoms with Gasteiger partial charge in [0.15, 0.2) is 11.5 Å². The van der Waals surface area contributed by atoms with Crippen LogP contribution in [0.4, 0.5) is 0 Å². The molecule has 3 aromatic rings. The number of methoxy groups -OCH3 is 1. The number of aryl methyl sites for hydroxylation is 2. The molecule has 11 nitrogen and oxygen atoms in total. The molecular formula is C29H38N6O5S. The van der Waals surface area contributed by atoms with Gasteiger partial charge in [-0.25, -0.2) is 9.97 Å². The van der Waals surface area contributed by atoms with E-state index in [-0.39, 0.29) is 30.7 Å². The summed E-state index contributed by atoms with van der Waals surface area (Å²) in [5.41, 5.74) is 1.54. The summed E-state index contributed by atoms with van der Waals surface area (Å²) in [5, 5.41) is 8.52. The van der Waals surface area contributed by atoms with Crippen molar-refractivity contribution in [2.75, 3.05) is 33.4 Å². The third-order valence-electron chi connectivity index (χ3n) is 6.79. The van der Waals surface area contributed by atoms with E-state index in [4.69, 9.17) is 9.47 Å². The minimum Gasteiger partial charge on any atom is -0.493 e. The summed E-state index contributed by atoms with van der Waals surface area (Å²) in [4.78, 5) is 49.8. The van der Waals surface area contributed by atoms with Gasteiger partial charge in [0.05, 0.1) is 37.4 Å². The van der Waals surface area contributed by atoms with Gasteiger partial charge in [-0.3, -0.25) is 14.4 Å². The maximum atomic E-state index is 13.3. The van der Waals surface area contributed by atoms with Crippen molar-refractivity contribution in [3.05, 3.63) is 46.7 Å². The highest BCUT2D eigenvalue weighted by Gasteiger charge is 2.26. The molecule has 220 valence electrons. The lowest BCUT2D eigenvalue weighted by molar-refractivity contribution is -0.137. The molecule has 0 unspecified atom stereocenters. The van der Waals surface area contributed by atoms with E-state index in [1.54, 1.807) is 13.3 Å². The Morgan fingerprint density at radius 3 is 2.80 bits per heavy atom. The van der Waals surface area contributed by atoms with E-state index in [0.29, 0.717) is 56.3 Å². The quantitative estimate of drug-likeness (QED) is 0.484. The van der Waals surface area contributed by atoms with Crippen LogP contribution in [0.25, 0.3) is 11.4 Å². The molecule has 0 fully saturated rings. The first-order valence-corrected chi connectivity index (χ1v) is 14.7. The van der Waals surface area contributed by atoms with Gasteiger partial charge in [-0.15, -0.1) is 11.3 Å². The van der Waals surface area contributed by atoms with E-state index in [1.807, 2.05) is 55.1 Å². The van der Waals surface area contributed by atoms with Gasteiger partial charge in [-0.1, -0.05) is 13.8 Å². The zero-order chi connectivity index (χ0) is 29.4. The van der Waals surface area contributed by atoms with E-state index in [0.717, 1.165) is 16.4 Å². The molecule has 3 heterocycles. The number of carbonyl (C=O) groups excluding carboxylic acids is 3. The molecule has 4 rings (SSSR count). The van der Waals surface area contributed by atoms with Crippen molar-refractivity contribution in [2.24, 2.45) is 5.92 Å². The van der Waals surface area contributed by atoms with Crippen LogP contribution in [0.3, 0.4) is 0 Å². The summed E-state index contributed by atoms with van der Waals surface area (Å²) in [5.74, 6) is 0.949. The van der Waals surface area contributed by atoms with Crippen LogP contribution in [0, 0.1) is 12.8 Å². The second-order valence-electron chi connectivity index (χ2n) is 10.3. The molecule has 12 heteroatoms. The number of benzene rings is 1. The van der Waals surface area contributed by atoms with Gasteiger partial charge >= 0.3 is 0 Å².